The van der Waals surface area contributed by atoms with Gasteiger partial charge in [-0.2, -0.15) is 0 Å². The van der Waals surface area contributed by atoms with Gasteiger partial charge in [0.1, 0.15) is 18.2 Å². The monoisotopic (exact) mass is 402 g/mol. The molecule has 0 atom stereocenters. The molecular formula is C20H28N5O4+. The van der Waals surface area contributed by atoms with Crippen molar-refractivity contribution >= 4 is 23.6 Å². The maximum Gasteiger partial charge on any atom is 0.257 e. The van der Waals surface area contributed by atoms with Crippen molar-refractivity contribution in [2.75, 3.05) is 26.2 Å². The van der Waals surface area contributed by atoms with E-state index in [1.807, 2.05) is 0 Å². The molecule has 0 aliphatic carbocycles. The van der Waals surface area contributed by atoms with Crippen molar-refractivity contribution in [3.05, 3.63) is 54.9 Å². The molecule has 1 heterocycles. The van der Waals surface area contributed by atoms with E-state index < -0.39 is 0 Å². The predicted octanol–water partition coefficient (Wildman–Crippen LogP) is -0.645. The number of pyridine rings is 1. The first-order valence-electron chi connectivity index (χ1n) is 9.24. The Balaban J connectivity index is 2.49. The number of carbonyl (C=O) groups is 4. The number of aromatic nitrogens is 1. The summed E-state index contributed by atoms with van der Waals surface area (Å²) in [6, 6.07) is 1.52. The molecule has 0 saturated carbocycles. The number of amides is 4. The maximum absolute atomic E-state index is 12.3. The first-order chi connectivity index (χ1) is 13.9. The summed E-state index contributed by atoms with van der Waals surface area (Å²) in [5.74, 6) is -1.13. The van der Waals surface area contributed by atoms with Crippen LogP contribution in [-0.4, -0.2) is 49.8 Å². The van der Waals surface area contributed by atoms with E-state index in [0.29, 0.717) is 50.1 Å². The van der Waals surface area contributed by atoms with Crippen LogP contribution in [-0.2, 0) is 16.6 Å². The van der Waals surface area contributed by atoms with Crippen LogP contribution in [0.5, 0.6) is 0 Å². The van der Waals surface area contributed by atoms with Crippen LogP contribution in [0.15, 0.2) is 43.8 Å². The van der Waals surface area contributed by atoms with Gasteiger partial charge in [0, 0.05) is 26.2 Å². The van der Waals surface area contributed by atoms with Crippen LogP contribution in [0.1, 0.15) is 33.6 Å². The molecule has 0 aromatic carbocycles. The summed E-state index contributed by atoms with van der Waals surface area (Å²) in [6.07, 6.45) is 6.76. The normalized spacial score (nSPS) is 9.83. The van der Waals surface area contributed by atoms with Gasteiger partial charge in [-0.15, -0.1) is 0 Å². The number of nitrogens with one attached hydrogen (secondary N) is 4. The highest BCUT2D eigenvalue weighted by molar-refractivity contribution is 5.98. The van der Waals surface area contributed by atoms with Crippen molar-refractivity contribution in [1.82, 2.24) is 21.3 Å². The van der Waals surface area contributed by atoms with Gasteiger partial charge in [-0.05, 0) is 31.1 Å². The fourth-order valence-electron chi connectivity index (χ4n) is 2.32. The van der Waals surface area contributed by atoms with Crippen molar-refractivity contribution < 1.29 is 23.7 Å². The van der Waals surface area contributed by atoms with Crippen LogP contribution in [0.25, 0.3) is 0 Å². The van der Waals surface area contributed by atoms with Gasteiger partial charge in [0.25, 0.3) is 11.8 Å². The lowest BCUT2D eigenvalue weighted by Crippen LogP contribution is -2.36. The van der Waals surface area contributed by atoms with Crippen molar-refractivity contribution in [2.45, 2.75) is 12.8 Å². The average molecular weight is 402 g/mol. The summed E-state index contributed by atoms with van der Waals surface area (Å²) in [5.41, 5.74) is 0.710. The second-order valence-corrected chi connectivity index (χ2v) is 6.19. The predicted molar refractivity (Wildman–Crippen MR) is 108 cm³/mol. The van der Waals surface area contributed by atoms with Crippen LogP contribution >= 0.6 is 0 Å². The molecule has 0 saturated heterocycles. The Labute approximate surface area is 170 Å². The molecule has 4 amide bonds. The SMILES string of the molecule is C=CC(=O)NCCCNC(=O)c1cc(C(=O)NCCCNC(=O)C=C)c[n+](C)c1. The molecule has 1 aromatic heterocycles. The Bertz CT molecular complexity index is 716. The smallest absolute Gasteiger partial charge is 0.257 e. The summed E-state index contributed by atoms with van der Waals surface area (Å²) >= 11 is 0. The van der Waals surface area contributed by atoms with Crippen LogP contribution in [0.4, 0.5) is 0 Å². The summed E-state index contributed by atoms with van der Waals surface area (Å²) < 4.78 is 1.64. The number of hydrogen-bond acceptors (Lipinski definition) is 4. The number of nitrogens with zero attached hydrogens (tertiary/aromatic N) is 1. The van der Waals surface area contributed by atoms with E-state index in [9.17, 15) is 19.2 Å². The van der Waals surface area contributed by atoms with E-state index in [-0.39, 0.29) is 23.6 Å². The van der Waals surface area contributed by atoms with Gasteiger partial charge in [0.2, 0.25) is 11.8 Å². The van der Waals surface area contributed by atoms with E-state index in [0.717, 1.165) is 0 Å². The molecule has 1 aromatic rings. The molecule has 0 aliphatic heterocycles. The number of carbonyl (C=O) groups excluding carboxylic acids is 4. The highest BCUT2D eigenvalue weighted by atomic mass is 16.2. The zero-order valence-corrected chi connectivity index (χ0v) is 16.6. The number of aryl methyl sites for hydroxylation is 1. The fourth-order valence-corrected chi connectivity index (χ4v) is 2.32. The second kappa shape index (κ2) is 12.8. The minimum Gasteiger partial charge on any atom is -0.353 e. The zero-order chi connectivity index (χ0) is 21.6. The Morgan fingerprint density at radius 3 is 1.55 bits per heavy atom. The molecule has 0 radical (unpaired) electrons. The molecule has 0 fully saturated rings. The number of hydrogen-bond donors (Lipinski definition) is 4. The Morgan fingerprint density at radius 1 is 0.793 bits per heavy atom. The van der Waals surface area contributed by atoms with E-state index in [1.54, 1.807) is 24.0 Å². The molecule has 9 heteroatoms. The van der Waals surface area contributed by atoms with Crippen LogP contribution in [0, 0.1) is 0 Å². The standard InChI is InChI=1S/C20H27N5O4/c1-4-17(26)21-8-6-10-23-19(28)15-12-16(14-25(3)13-15)20(29)24-11-7-9-22-18(27)5-2/h4-5,12-14H,1-2,6-11H2,3H3,(H3-,21,22,23,24,26,27,28,29)/p+1. The van der Waals surface area contributed by atoms with Crippen LogP contribution in [0.2, 0.25) is 0 Å². The quantitative estimate of drug-likeness (QED) is 0.211. The van der Waals surface area contributed by atoms with E-state index in [4.69, 9.17) is 0 Å². The summed E-state index contributed by atoms with van der Waals surface area (Å²) in [5, 5.41) is 10.7. The molecular weight excluding hydrogens is 374 g/mol. The molecule has 0 unspecified atom stereocenters. The van der Waals surface area contributed by atoms with Crippen molar-refractivity contribution in [2.24, 2.45) is 7.05 Å². The molecule has 0 aliphatic rings. The molecule has 29 heavy (non-hydrogen) atoms. The largest absolute Gasteiger partial charge is 0.353 e. The van der Waals surface area contributed by atoms with Gasteiger partial charge in [0.15, 0.2) is 12.4 Å². The lowest BCUT2D eigenvalue weighted by molar-refractivity contribution is -0.671. The van der Waals surface area contributed by atoms with Gasteiger partial charge >= 0.3 is 0 Å². The highest BCUT2D eigenvalue weighted by Crippen LogP contribution is 2.02. The van der Waals surface area contributed by atoms with Gasteiger partial charge < -0.3 is 21.3 Å². The molecule has 156 valence electrons. The van der Waals surface area contributed by atoms with Gasteiger partial charge in [0.05, 0.1) is 0 Å². The molecule has 0 bridgehead atoms. The second-order valence-electron chi connectivity index (χ2n) is 6.19. The fraction of sp³-hybridized carbons (Fsp3) is 0.350. The van der Waals surface area contributed by atoms with Gasteiger partial charge in [-0.1, -0.05) is 13.2 Å². The van der Waals surface area contributed by atoms with E-state index in [2.05, 4.69) is 34.4 Å². The van der Waals surface area contributed by atoms with Crippen LogP contribution < -0.4 is 25.8 Å². The molecule has 4 N–H and O–H groups in total. The van der Waals surface area contributed by atoms with Gasteiger partial charge in [-0.3, -0.25) is 19.2 Å². The van der Waals surface area contributed by atoms with Crippen molar-refractivity contribution in [3.8, 4) is 0 Å². The highest BCUT2D eigenvalue weighted by Gasteiger charge is 2.16. The zero-order valence-electron chi connectivity index (χ0n) is 16.6. The minimum atomic E-state index is -0.308. The number of rotatable bonds is 12. The first kappa shape index (κ1) is 23.5. The van der Waals surface area contributed by atoms with E-state index in [1.165, 1.54) is 18.2 Å². The molecule has 0 spiro atoms. The lowest BCUT2D eigenvalue weighted by Gasteiger charge is -2.07. The third kappa shape index (κ3) is 9.32. The molecule has 1 rings (SSSR count). The van der Waals surface area contributed by atoms with E-state index >= 15 is 0 Å². The maximum atomic E-state index is 12.3. The lowest BCUT2D eigenvalue weighted by atomic mass is 10.1. The third-order valence-corrected chi connectivity index (χ3v) is 3.77. The summed E-state index contributed by atoms with van der Waals surface area (Å²) in [4.78, 5) is 46.7. The summed E-state index contributed by atoms with van der Waals surface area (Å²) in [7, 11) is 1.73. The van der Waals surface area contributed by atoms with Gasteiger partial charge in [-0.25, -0.2) is 4.57 Å². The third-order valence-electron chi connectivity index (χ3n) is 3.77. The molecule has 9 nitrogen and oxygen atoms in total. The Kier molecular flexibility index (Phi) is 10.4. The average Bonchev–Trinajstić information content (AvgIpc) is 2.71. The topological polar surface area (TPSA) is 120 Å². The summed E-state index contributed by atoms with van der Waals surface area (Å²) in [6.45, 7) is 8.33. The minimum absolute atomic E-state index is 0.259. The first-order valence-corrected chi connectivity index (χ1v) is 9.24. The Morgan fingerprint density at radius 2 is 1.17 bits per heavy atom. The van der Waals surface area contributed by atoms with Crippen LogP contribution in [0.3, 0.4) is 0 Å². The Hall–Kier alpha value is -3.49. The van der Waals surface area contributed by atoms with Crippen molar-refractivity contribution in [1.29, 1.82) is 0 Å². The van der Waals surface area contributed by atoms with Crippen molar-refractivity contribution in [3.63, 3.8) is 0 Å².